The van der Waals surface area contributed by atoms with Gasteiger partial charge in [0.1, 0.15) is 0 Å². The molecular weight excluding hydrogens is 358 g/mol. The topological polar surface area (TPSA) is 20.3 Å². The highest BCUT2D eigenvalue weighted by Crippen LogP contribution is 2.34. The van der Waals surface area contributed by atoms with Gasteiger partial charge in [-0.1, -0.05) is 27.5 Å². The van der Waals surface area contributed by atoms with E-state index in [1.54, 1.807) is 23.5 Å². The summed E-state index contributed by atoms with van der Waals surface area (Å²) in [5, 5.41) is 2.68. The van der Waals surface area contributed by atoms with Gasteiger partial charge in [0.2, 0.25) is 0 Å². The lowest BCUT2D eigenvalue weighted by molar-refractivity contribution is 0.0679. The molecule has 0 saturated carbocycles. The molecular formula is C15H13BrClNOS. The van der Waals surface area contributed by atoms with Gasteiger partial charge in [-0.25, -0.2) is 0 Å². The molecule has 0 aliphatic carbocycles. The van der Waals surface area contributed by atoms with Crippen molar-refractivity contribution in [3.8, 4) is 0 Å². The first kappa shape index (κ1) is 14.1. The summed E-state index contributed by atoms with van der Waals surface area (Å²) < 4.78 is 0.828. The Kier molecular flexibility index (Phi) is 3.89. The van der Waals surface area contributed by atoms with E-state index in [4.69, 9.17) is 11.6 Å². The molecule has 20 heavy (non-hydrogen) atoms. The Bertz CT molecular complexity index is 649. The molecule has 2 nitrogen and oxygen atoms in total. The zero-order valence-electron chi connectivity index (χ0n) is 10.9. The third-order valence-electron chi connectivity index (χ3n) is 3.65. The van der Waals surface area contributed by atoms with Crippen molar-refractivity contribution in [2.75, 3.05) is 6.54 Å². The zero-order valence-corrected chi connectivity index (χ0v) is 14.1. The maximum Gasteiger partial charge on any atom is 0.254 e. The number of carbonyl (C=O) groups is 1. The molecule has 0 spiro atoms. The van der Waals surface area contributed by atoms with Crippen molar-refractivity contribution in [2.45, 2.75) is 19.4 Å². The van der Waals surface area contributed by atoms with E-state index in [1.807, 2.05) is 11.0 Å². The van der Waals surface area contributed by atoms with Crippen LogP contribution >= 0.6 is 38.9 Å². The first-order valence-corrected chi connectivity index (χ1v) is 8.44. The second kappa shape index (κ2) is 5.51. The van der Waals surface area contributed by atoms with E-state index >= 15 is 0 Å². The number of nitrogens with zero attached hydrogens (tertiary/aromatic N) is 1. The van der Waals surface area contributed by atoms with E-state index in [9.17, 15) is 4.79 Å². The standard InChI is InChI=1S/C15H13BrClNOS/c1-9-13-3-5-20-14(13)2-4-18(9)15(19)10-6-11(16)8-12(17)7-10/h3,5-9H,2,4H2,1H3. The number of carbonyl (C=O) groups excluding carboxylic acids is 1. The third kappa shape index (κ3) is 2.52. The van der Waals surface area contributed by atoms with Crippen molar-refractivity contribution >= 4 is 44.8 Å². The predicted octanol–water partition coefficient (Wildman–Crippen LogP) is 4.92. The predicted molar refractivity (Wildman–Crippen MR) is 86.6 cm³/mol. The van der Waals surface area contributed by atoms with Crippen molar-refractivity contribution in [1.29, 1.82) is 0 Å². The van der Waals surface area contributed by atoms with Crippen LogP contribution in [0.1, 0.15) is 33.8 Å². The fourth-order valence-corrected chi connectivity index (χ4v) is 4.45. The molecule has 1 aliphatic heterocycles. The fraction of sp³-hybridized carbons (Fsp3) is 0.267. The molecule has 0 bridgehead atoms. The van der Waals surface area contributed by atoms with Gasteiger partial charge in [0.05, 0.1) is 6.04 Å². The summed E-state index contributed by atoms with van der Waals surface area (Å²) in [4.78, 5) is 16.0. The van der Waals surface area contributed by atoms with E-state index in [2.05, 4.69) is 34.3 Å². The van der Waals surface area contributed by atoms with E-state index in [0.29, 0.717) is 10.6 Å². The van der Waals surface area contributed by atoms with Crippen LogP contribution in [-0.2, 0) is 6.42 Å². The molecule has 1 aromatic heterocycles. The SMILES string of the molecule is CC1c2ccsc2CCN1C(=O)c1cc(Cl)cc(Br)c1. The summed E-state index contributed by atoms with van der Waals surface area (Å²) in [5.41, 5.74) is 1.91. The maximum absolute atomic E-state index is 12.7. The number of amides is 1. The average Bonchev–Trinajstić information content (AvgIpc) is 2.86. The first-order valence-electron chi connectivity index (χ1n) is 6.39. The number of hydrogen-bond acceptors (Lipinski definition) is 2. The van der Waals surface area contributed by atoms with Crippen LogP contribution in [0.25, 0.3) is 0 Å². The largest absolute Gasteiger partial charge is 0.331 e. The van der Waals surface area contributed by atoms with Gasteiger partial charge in [-0.2, -0.15) is 0 Å². The van der Waals surface area contributed by atoms with Crippen LogP contribution in [0.3, 0.4) is 0 Å². The molecule has 1 aliphatic rings. The Hall–Kier alpha value is -0.840. The lowest BCUT2D eigenvalue weighted by Crippen LogP contribution is -2.38. The number of hydrogen-bond donors (Lipinski definition) is 0. The second-order valence-corrected chi connectivity index (χ2v) is 7.23. The number of thiophene rings is 1. The molecule has 0 N–H and O–H groups in total. The lowest BCUT2D eigenvalue weighted by Gasteiger charge is -2.33. The summed E-state index contributed by atoms with van der Waals surface area (Å²) in [6.45, 7) is 2.85. The summed E-state index contributed by atoms with van der Waals surface area (Å²) in [7, 11) is 0. The summed E-state index contributed by atoms with van der Waals surface area (Å²) in [6.07, 6.45) is 0.935. The van der Waals surface area contributed by atoms with Gasteiger partial charge in [-0.3, -0.25) is 4.79 Å². The van der Waals surface area contributed by atoms with Crippen LogP contribution in [0, 0.1) is 0 Å². The Labute approximate surface area is 135 Å². The molecule has 2 aromatic rings. The maximum atomic E-state index is 12.7. The van der Waals surface area contributed by atoms with Crippen LogP contribution in [-0.4, -0.2) is 17.4 Å². The van der Waals surface area contributed by atoms with Gasteiger partial charge < -0.3 is 4.90 Å². The quantitative estimate of drug-likeness (QED) is 0.697. The molecule has 1 amide bonds. The highest BCUT2D eigenvalue weighted by Gasteiger charge is 2.29. The average molecular weight is 371 g/mol. The molecule has 1 atom stereocenters. The Morgan fingerprint density at radius 1 is 1.45 bits per heavy atom. The smallest absolute Gasteiger partial charge is 0.254 e. The first-order chi connectivity index (χ1) is 9.56. The van der Waals surface area contributed by atoms with E-state index in [-0.39, 0.29) is 11.9 Å². The van der Waals surface area contributed by atoms with Crippen molar-refractivity contribution in [3.63, 3.8) is 0 Å². The van der Waals surface area contributed by atoms with E-state index in [1.165, 1.54) is 10.4 Å². The summed E-state index contributed by atoms with van der Waals surface area (Å²) in [5.74, 6) is 0.0394. The van der Waals surface area contributed by atoms with Crippen molar-refractivity contribution in [3.05, 3.63) is 55.1 Å². The van der Waals surface area contributed by atoms with Gasteiger partial charge in [-0.15, -0.1) is 11.3 Å². The van der Waals surface area contributed by atoms with E-state index in [0.717, 1.165) is 17.4 Å². The minimum absolute atomic E-state index is 0.0394. The summed E-state index contributed by atoms with van der Waals surface area (Å²) >= 11 is 11.2. The molecule has 1 unspecified atom stereocenters. The normalized spacial score (nSPS) is 17.9. The number of benzene rings is 1. The van der Waals surface area contributed by atoms with Crippen LogP contribution in [0.2, 0.25) is 5.02 Å². The van der Waals surface area contributed by atoms with Gasteiger partial charge in [-0.05, 0) is 48.6 Å². The second-order valence-electron chi connectivity index (χ2n) is 4.88. The van der Waals surface area contributed by atoms with Crippen LogP contribution in [0.4, 0.5) is 0 Å². The van der Waals surface area contributed by atoms with Gasteiger partial charge in [0.25, 0.3) is 5.91 Å². The van der Waals surface area contributed by atoms with Crippen molar-refractivity contribution in [2.24, 2.45) is 0 Å². The molecule has 1 aromatic carbocycles. The zero-order chi connectivity index (χ0) is 14.3. The molecule has 104 valence electrons. The Morgan fingerprint density at radius 3 is 3.00 bits per heavy atom. The fourth-order valence-electron chi connectivity index (χ4n) is 2.63. The number of rotatable bonds is 1. The molecule has 3 rings (SSSR count). The monoisotopic (exact) mass is 369 g/mol. The number of halogens is 2. The highest BCUT2D eigenvalue weighted by molar-refractivity contribution is 9.10. The number of fused-ring (bicyclic) bond motifs is 1. The Balaban J connectivity index is 1.92. The minimum Gasteiger partial charge on any atom is -0.331 e. The van der Waals surface area contributed by atoms with Crippen LogP contribution in [0.5, 0.6) is 0 Å². The van der Waals surface area contributed by atoms with Gasteiger partial charge >= 0.3 is 0 Å². The van der Waals surface area contributed by atoms with Crippen LogP contribution < -0.4 is 0 Å². The summed E-state index contributed by atoms with van der Waals surface area (Å²) in [6, 6.07) is 7.58. The molecule has 0 fully saturated rings. The Morgan fingerprint density at radius 2 is 2.25 bits per heavy atom. The molecule has 0 radical (unpaired) electrons. The highest BCUT2D eigenvalue weighted by atomic mass is 79.9. The van der Waals surface area contributed by atoms with E-state index < -0.39 is 0 Å². The van der Waals surface area contributed by atoms with Crippen molar-refractivity contribution in [1.82, 2.24) is 4.90 Å². The molecule has 5 heteroatoms. The molecule has 0 saturated heterocycles. The third-order valence-corrected chi connectivity index (χ3v) is 5.32. The van der Waals surface area contributed by atoms with Gasteiger partial charge in [0.15, 0.2) is 0 Å². The van der Waals surface area contributed by atoms with Gasteiger partial charge in [0, 0.05) is 26.5 Å². The minimum atomic E-state index is 0.0394. The van der Waals surface area contributed by atoms with Crippen LogP contribution in [0.15, 0.2) is 34.1 Å². The molecule has 2 heterocycles. The lowest BCUT2D eigenvalue weighted by atomic mass is 10.0. The van der Waals surface area contributed by atoms with Crippen molar-refractivity contribution < 1.29 is 4.79 Å².